The SMILES string of the molecule is N#CC1(C#N)C=C1. The molecule has 2 heteroatoms. The Morgan fingerprint density at radius 3 is 1.57 bits per heavy atom. The molecule has 1 aliphatic rings. The molecule has 0 atom stereocenters. The first-order valence-corrected chi connectivity index (χ1v) is 1.86. The van der Waals surface area contributed by atoms with Crippen molar-refractivity contribution in [3.8, 4) is 12.1 Å². The highest BCUT2D eigenvalue weighted by Gasteiger charge is 2.33. The Morgan fingerprint density at radius 1 is 1.14 bits per heavy atom. The van der Waals surface area contributed by atoms with Crippen LogP contribution in [0, 0.1) is 28.1 Å². The van der Waals surface area contributed by atoms with Crippen LogP contribution in [0.5, 0.6) is 0 Å². The minimum absolute atomic E-state index is 0.806. The van der Waals surface area contributed by atoms with Crippen molar-refractivity contribution in [2.24, 2.45) is 5.41 Å². The van der Waals surface area contributed by atoms with Gasteiger partial charge in [0.2, 0.25) is 0 Å². The van der Waals surface area contributed by atoms with Crippen LogP contribution < -0.4 is 0 Å². The van der Waals surface area contributed by atoms with E-state index < -0.39 is 5.41 Å². The van der Waals surface area contributed by atoms with Crippen molar-refractivity contribution < 1.29 is 0 Å². The van der Waals surface area contributed by atoms with Gasteiger partial charge < -0.3 is 0 Å². The second kappa shape index (κ2) is 0.859. The van der Waals surface area contributed by atoms with Crippen LogP contribution in [0.3, 0.4) is 0 Å². The number of rotatable bonds is 0. The van der Waals surface area contributed by atoms with Gasteiger partial charge in [-0.1, -0.05) is 0 Å². The Kier molecular flexibility index (Phi) is 0.478. The van der Waals surface area contributed by atoms with Crippen molar-refractivity contribution in [2.75, 3.05) is 0 Å². The van der Waals surface area contributed by atoms with Crippen molar-refractivity contribution in [1.82, 2.24) is 0 Å². The maximum atomic E-state index is 8.12. The molecule has 0 heterocycles. The zero-order valence-corrected chi connectivity index (χ0v) is 3.55. The Labute approximate surface area is 41.3 Å². The number of nitrogens with zero attached hydrogens (tertiary/aromatic N) is 2. The number of nitriles is 2. The lowest BCUT2D eigenvalue weighted by Crippen LogP contribution is -1.89. The van der Waals surface area contributed by atoms with Crippen molar-refractivity contribution in [2.45, 2.75) is 0 Å². The molecule has 0 spiro atoms. The second-order valence-corrected chi connectivity index (χ2v) is 1.43. The van der Waals surface area contributed by atoms with Crippen LogP contribution in [0.4, 0.5) is 0 Å². The summed E-state index contributed by atoms with van der Waals surface area (Å²) in [6.07, 6.45) is 3.15. The highest BCUT2D eigenvalue weighted by Crippen LogP contribution is 2.31. The molecule has 0 saturated carbocycles. The van der Waals surface area contributed by atoms with E-state index in [4.69, 9.17) is 10.5 Å². The van der Waals surface area contributed by atoms with Gasteiger partial charge in [-0.3, -0.25) is 0 Å². The molecule has 7 heavy (non-hydrogen) atoms. The van der Waals surface area contributed by atoms with E-state index >= 15 is 0 Å². The third-order valence-corrected chi connectivity index (χ3v) is 0.870. The van der Waals surface area contributed by atoms with Gasteiger partial charge in [-0.05, 0) is 12.2 Å². The molecule has 0 N–H and O–H groups in total. The summed E-state index contributed by atoms with van der Waals surface area (Å²) >= 11 is 0. The summed E-state index contributed by atoms with van der Waals surface area (Å²) in [4.78, 5) is 0. The van der Waals surface area contributed by atoms with Crippen molar-refractivity contribution >= 4 is 0 Å². The fourth-order valence-corrected chi connectivity index (χ4v) is 0.257. The average Bonchev–Trinajstić information content (AvgIpc) is 2.46. The third-order valence-electron chi connectivity index (χ3n) is 0.870. The highest BCUT2D eigenvalue weighted by molar-refractivity contribution is 5.44. The van der Waals surface area contributed by atoms with Gasteiger partial charge in [-0.25, -0.2) is 0 Å². The van der Waals surface area contributed by atoms with Gasteiger partial charge in [0, 0.05) is 0 Å². The van der Waals surface area contributed by atoms with Crippen LogP contribution in [0.25, 0.3) is 0 Å². The topological polar surface area (TPSA) is 47.6 Å². The smallest absolute Gasteiger partial charge is 0.180 e. The minimum Gasteiger partial charge on any atom is -0.196 e. The Morgan fingerprint density at radius 2 is 1.57 bits per heavy atom. The van der Waals surface area contributed by atoms with E-state index in [0.717, 1.165) is 0 Å². The maximum absolute atomic E-state index is 8.12. The molecule has 0 fully saturated rings. The summed E-state index contributed by atoms with van der Waals surface area (Å²) < 4.78 is 0. The summed E-state index contributed by atoms with van der Waals surface area (Å²) in [6, 6.07) is 3.66. The predicted molar refractivity (Wildman–Crippen MR) is 22.8 cm³/mol. The van der Waals surface area contributed by atoms with E-state index in [0.29, 0.717) is 0 Å². The molecule has 0 aromatic rings. The van der Waals surface area contributed by atoms with Crippen LogP contribution in [0.2, 0.25) is 0 Å². The Hall–Kier alpha value is -1.28. The number of allylic oxidation sites excluding steroid dienone is 2. The zero-order valence-electron chi connectivity index (χ0n) is 3.55. The van der Waals surface area contributed by atoms with Crippen LogP contribution in [-0.4, -0.2) is 0 Å². The van der Waals surface area contributed by atoms with Gasteiger partial charge in [-0.2, -0.15) is 10.5 Å². The minimum atomic E-state index is -0.806. The number of hydrogen-bond donors (Lipinski definition) is 0. The van der Waals surface area contributed by atoms with E-state index in [2.05, 4.69) is 0 Å². The predicted octanol–water partition coefficient (Wildman–Crippen LogP) is 0.590. The highest BCUT2D eigenvalue weighted by atomic mass is 14.4. The van der Waals surface area contributed by atoms with Crippen LogP contribution in [-0.2, 0) is 0 Å². The molecule has 1 rings (SSSR count). The maximum Gasteiger partial charge on any atom is 0.180 e. The van der Waals surface area contributed by atoms with E-state index in [-0.39, 0.29) is 0 Å². The van der Waals surface area contributed by atoms with Crippen LogP contribution >= 0.6 is 0 Å². The standard InChI is InChI=1S/C5H2N2/c6-3-5(4-7)1-2-5/h1-2H. The lowest BCUT2D eigenvalue weighted by Gasteiger charge is -1.81. The summed E-state index contributed by atoms with van der Waals surface area (Å²) in [5.74, 6) is 0. The van der Waals surface area contributed by atoms with Gasteiger partial charge in [0.25, 0.3) is 0 Å². The summed E-state index contributed by atoms with van der Waals surface area (Å²) in [5, 5.41) is 16.2. The summed E-state index contributed by atoms with van der Waals surface area (Å²) in [6.45, 7) is 0. The molecule has 0 amide bonds. The molecular weight excluding hydrogens is 88.1 g/mol. The average molecular weight is 90.1 g/mol. The van der Waals surface area contributed by atoms with Crippen molar-refractivity contribution in [3.05, 3.63) is 12.2 Å². The van der Waals surface area contributed by atoms with Gasteiger partial charge in [0.15, 0.2) is 5.41 Å². The monoisotopic (exact) mass is 90.0 g/mol. The van der Waals surface area contributed by atoms with Gasteiger partial charge in [0.1, 0.15) is 0 Å². The van der Waals surface area contributed by atoms with Gasteiger partial charge >= 0.3 is 0 Å². The molecule has 2 nitrogen and oxygen atoms in total. The quantitative estimate of drug-likeness (QED) is 0.408. The molecule has 0 aromatic carbocycles. The molecule has 0 radical (unpaired) electrons. The molecule has 1 aliphatic carbocycles. The fourth-order valence-electron chi connectivity index (χ4n) is 0.257. The van der Waals surface area contributed by atoms with E-state index in [1.807, 2.05) is 12.1 Å². The lowest BCUT2D eigenvalue weighted by atomic mass is 10.1. The third kappa shape index (κ3) is 0.370. The van der Waals surface area contributed by atoms with E-state index in [9.17, 15) is 0 Å². The van der Waals surface area contributed by atoms with Crippen LogP contribution in [0.1, 0.15) is 0 Å². The molecule has 0 saturated heterocycles. The van der Waals surface area contributed by atoms with Gasteiger partial charge in [-0.15, -0.1) is 0 Å². The Balaban J connectivity index is 2.74. The van der Waals surface area contributed by atoms with Crippen molar-refractivity contribution in [3.63, 3.8) is 0 Å². The normalized spacial score (nSPS) is 19.7. The molecule has 0 bridgehead atoms. The van der Waals surface area contributed by atoms with Crippen LogP contribution in [0.15, 0.2) is 12.2 Å². The second-order valence-electron chi connectivity index (χ2n) is 1.43. The van der Waals surface area contributed by atoms with Crippen molar-refractivity contribution in [1.29, 1.82) is 10.5 Å². The first-order valence-electron chi connectivity index (χ1n) is 1.86. The fraction of sp³-hybridized carbons (Fsp3) is 0.200. The van der Waals surface area contributed by atoms with E-state index in [1.54, 1.807) is 12.2 Å². The lowest BCUT2D eigenvalue weighted by molar-refractivity contribution is 0.994. The molecule has 0 unspecified atom stereocenters. The largest absolute Gasteiger partial charge is 0.196 e. The summed E-state index contributed by atoms with van der Waals surface area (Å²) in [5.41, 5.74) is -0.806. The Bertz CT molecular complexity index is 167. The van der Waals surface area contributed by atoms with Gasteiger partial charge in [0.05, 0.1) is 12.1 Å². The summed E-state index contributed by atoms with van der Waals surface area (Å²) in [7, 11) is 0. The first kappa shape index (κ1) is 3.89. The number of hydrogen-bond acceptors (Lipinski definition) is 2. The first-order chi connectivity index (χ1) is 3.33. The molecule has 32 valence electrons. The van der Waals surface area contributed by atoms with E-state index in [1.165, 1.54) is 0 Å². The molecule has 0 aliphatic heterocycles. The zero-order chi connectivity index (χ0) is 5.33. The molecule has 0 aromatic heterocycles. The molecular formula is C5H2N2.